The lowest BCUT2D eigenvalue weighted by atomic mass is 10.0. The smallest absolute Gasteiger partial charge is 0.347 e. The van der Waals surface area contributed by atoms with Crippen molar-refractivity contribution in [2.45, 2.75) is 49.7 Å². The Morgan fingerprint density at radius 3 is 2.84 bits per heavy atom. The summed E-state index contributed by atoms with van der Waals surface area (Å²) in [5.41, 5.74) is 0.555. The number of rotatable bonds is 6. The number of thiazole rings is 1. The first-order chi connectivity index (χ1) is 9.20. The predicted octanol–water partition coefficient (Wildman–Crippen LogP) is 3.55. The molecule has 2 rings (SSSR count). The second-order valence-corrected chi connectivity index (χ2v) is 7.06. The number of aromatic nitrogens is 1. The maximum absolute atomic E-state index is 11.1. The summed E-state index contributed by atoms with van der Waals surface area (Å²) in [5, 5.41) is 10.8. The number of nitrogens with zero attached hydrogens (tertiary/aromatic N) is 1. The Hall–Kier alpha value is -0.590. The summed E-state index contributed by atoms with van der Waals surface area (Å²) < 4.78 is 5.00. The third kappa shape index (κ3) is 4.19. The topological polar surface area (TPSA) is 59.4 Å². The number of ether oxygens (including phenoxy) is 1. The molecular formula is C13H19NO3S2. The van der Waals surface area contributed by atoms with Crippen LogP contribution >= 0.6 is 23.1 Å². The van der Waals surface area contributed by atoms with E-state index in [0.717, 1.165) is 16.0 Å². The first-order valence-corrected chi connectivity index (χ1v) is 8.39. The van der Waals surface area contributed by atoms with Crippen LogP contribution in [0.1, 0.15) is 52.5 Å². The van der Waals surface area contributed by atoms with Crippen LogP contribution in [0, 0.1) is 0 Å². The van der Waals surface area contributed by atoms with E-state index in [9.17, 15) is 4.79 Å². The van der Waals surface area contributed by atoms with Crippen LogP contribution < -0.4 is 0 Å². The van der Waals surface area contributed by atoms with E-state index in [4.69, 9.17) is 9.84 Å². The Labute approximate surface area is 121 Å². The van der Waals surface area contributed by atoms with Gasteiger partial charge in [-0.25, -0.2) is 9.78 Å². The largest absolute Gasteiger partial charge is 0.477 e. The molecule has 0 aliphatic heterocycles. The summed E-state index contributed by atoms with van der Waals surface area (Å²) in [5.74, 6) is -0.0854. The maximum Gasteiger partial charge on any atom is 0.347 e. The molecule has 0 radical (unpaired) electrons. The highest BCUT2D eigenvalue weighted by molar-refractivity contribution is 7.99. The average Bonchev–Trinajstić information content (AvgIpc) is 2.81. The molecule has 0 amide bonds. The monoisotopic (exact) mass is 301 g/mol. The van der Waals surface area contributed by atoms with Crippen LogP contribution in [-0.2, 0) is 17.1 Å². The number of aromatic carboxylic acids is 1. The summed E-state index contributed by atoms with van der Waals surface area (Å²) in [7, 11) is 1.56. The van der Waals surface area contributed by atoms with Gasteiger partial charge in [-0.3, -0.25) is 0 Å². The van der Waals surface area contributed by atoms with E-state index in [2.05, 4.69) is 4.98 Å². The molecule has 1 N–H and O–H groups in total. The lowest BCUT2D eigenvalue weighted by molar-refractivity contribution is 0.0697. The van der Waals surface area contributed by atoms with Crippen molar-refractivity contribution < 1.29 is 14.6 Å². The number of methoxy groups -OCH3 is 1. The minimum atomic E-state index is -0.904. The first kappa shape index (κ1) is 14.8. The van der Waals surface area contributed by atoms with Gasteiger partial charge in [-0.1, -0.05) is 19.3 Å². The van der Waals surface area contributed by atoms with Crippen molar-refractivity contribution in [3.63, 3.8) is 0 Å². The molecule has 19 heavy (non-hydrogen) atoms. The number of hydrogen-bond acceptors (Lipinski definition) is 5. The summed E-state index contributed by atoms with van der Waals surface area (Å²) in [6.07, 6.45) is 6.57. The van der Waals surface area contributed by atoms with Crippen LogP contribution in [0.5, 0.6) is 0 Å². The molecule has 0 bridgehead atoms. The van der Waals surface area contributed by atoms with Crippen molar-refractivity contribution >= 4 is 29.1 Å². The molecular weight excluding hydrogens is 282 g/mol. The van der Waals surface area contributed by atoms with E-state index in [-0.39, 0.29) is 6.61 Å². The lowest BCUT2D eigenvalue weighted by Crippen LogP contribution is -2.08. The Morgan fingerprint density at radius 2 is 2.21 bits per heavy atom. The van der Waals surface area contributed by atoms with Gasteiger partial charge in [0.25, 0.3) is 0 Å². The van der Waals surface area contributed by atoms with Crippen molar-refractivity contribution in [2.75, 3.05) is 7.11 Å². The van der Waals surface area contributed by atoms with Crippen LogP contribution in [-0.4, -0.2) is 28.4 Å². The molecule has 1 aromatic heterocycles. The molecule has 1 aromatic rings. The lowest BCUT2D eigenvalue weighted by Gasteiger charge is -2.20. The Kier molecular flexibility index (Phi) is 5.66. The molecule has 4 nitrogen and oxygen atoms in total. The fourth-order valence-corrected chi connectivity index (χ4v) is 4.54. The summed E-state index contributed by atoms with van der Waals surface area (Å²) in [6, 6.07) is 0. The molecule has 1 aliphatic carbocycles. The number of thioether (sulfide) groups is 1. The Balaban J connectivity index is 1.95. The molecule has 6 heteroatoms. The van der Waals surface area contributed by atoms with E-state index >= 15 is 0 Å². The van der Waals surface area contributed by atoms with Gasteiger partial charge in [-0.2, -0.15) is 11.8 Å². The zero-order valence-electron chi connectivity index (χ0n) is 11.1. The van der Waals surface area contributed by atoms with E-state index in [1.807, 2.05) is 11.8 Å². The third-order valence-electron chi connectivity index (χ3n) is 3.21. The van der Waals surface area contributed by atoms with Gasteiger partial charge in [0, 0.05) is 18.1 Å². The summed E-state index contributed by atoms with van der Waals surface area (Å²) in [4.78, 5) is 15.8. The molecule has 1 fully saturated rings. The number of carbonyl (C=O) groups is 1. The highest BCUT2D eigenvalue weighted by Crippen LogP contribution is 2.32. The van der Waals surface area contributed by atoms with Crippen molar-refractivity contribution in [2.24, 2.45) is 0 Å². The van der Waals surface area contributed by atoms with Gasteiger partial charge in [0.15, 0.2) is 0 Å². The van der Waals surface area contributed by atoms with Gasteiger partial charge in [0.2, 0.25) is 0 Å². The highest BCUT2D eigenvalue weighted by Gasteiger charge is 2.19. The molecule has 0 aromatic carbocycles. The van der Waals surface area contributed by atoms with Gasteiger partial charge in [0.1, 0.15) is 9.88 Å². The van der Waals surface area contributed by atoms with Crippen LogP contribution in [0.4, 0.5) is 0 Å². The second kappa shape index (κ2) is 7.26. The van der Waals surface area contributed by atoms with Gasteiger partial charge in [0.05, 0.1) is 12.3 Å². The van der Waals surface area contributed by atoms with Crippen LogP contribution in [0.3, 0.4) is 0 Å². The fourth-order valence-electron chi connectivity index (χ4n) is 2.29. The number of carboxylic acid groups (broad SMARTS) is 1. The molecule has 106 valence electrons. The Bertz CT molecular complexity index is 428. The average molecular weight is 301 g/mol. The predicted molar refractivity (Wildman–Crippen MR) is 78.0 cm³/mol. The first-order valence-electron chi connectivity index (χ1n) is 6.53. The molecule has 0 unspecified atom stereocenters. The zero-order valence-corrected chi connectivity index (χ0v) is 12.7. The minimum Gasteiger partial charge on any atom is -0.477 e. The van der Waals surface area contributed by atoms with E-state index in [1.165, 1.54) is 43.4 Å². The molecule has 1 heterocycles. The van der Waals surface area contributed by atoms with E-state index < -0.39 is 5.97 Å². The SMILES string of the molecule is COCc1nc(CSC2CCCCC2)sc1C(=O)O. The Morgan fingerprint density at radius 1 is 1.47 bits per heavy atom. The van der Waals surface area contributed by atoms with E-state index in [1.54, 1.807) is 7.11 Å². The quantitative estimate of drug-likeness (QED) is 0.870. The molecule has 1 saturated carbocycles. The molecule has 0 spiro atoms. The third-order valence-corrected chi connectivity index (χ3v) is 5.86. The van der Waals surface area contributed by atoms with E-state index in [0.29, 0.717) is 10.6 Å². The van der Waals surface area contributed by atoms with Crippen molar-refractivity contribution in [3.05, 3.63) is 15.6 Å². The molecule has 1 aliphatic rings. The normalized spacial score (nSPS) is 16.7. The zero-order chi connectivity index (χ0) is 13.7. The second-order valence-electron chi connectivity index (χ2n) is 4.69. The molecule has 0 atom stereocenters. The van der Waals surface area contributed by atoms with Crippen molar-refractivity contribution in [1.82, 2.24) is 4.98 Å². The number of hydrogen-bond donors (Lipinski definition) is 1. The number of carboxylic acids is 1. The fraction of sp³-hybridized carbons (Fsp3) is 0.692. The van der Waals surface area contributed by atoms with Gasteiger partial charge < -0.3 is 9.84 Å². The van der Waals surface area contributed by atoms with Crippen LogP contribution in [0.15, 0.2) is 0 Å². The minimum absolute atomic E-state index is 0.270. The van der Waals surface area contributed by atoms with Crippen molar-refractivity contribution in [1.29, 1.82) is 0 Å². The van der Waals surface area contributed by atoms with Crippen LogP contribution in [0.2, 0.25) is 0 Å². The van der Waals surface area contributed by atoms with Gasteiger partial charge >= 0.3 is 5.97 Å². The van der Waals surface area contributed by atoms with Crippen LogP contribution in [0.25, 0.3) is 0 Å². The van der Waals surface area contributed by atoms with Gasteiger partial charge in [-0.05, 0) is 12.8 Å². The maximum atomic E-state index is 11.1. The molecule has 0 saturated heterocycles. The van der Waals surface area contributed by atoms with Crippen molar-refractivity contribution in [3.8, 4) is 0 Å². The standard InChI is InChI=1S/C13H19NO3S2/c1-17-7-10-12(13(15)16)19-11(14-10)8-18-9-5-3-2-4-6-9/h9H,2-8H2,1H3,(H,15,16). The summed E-state index contributed by atoms with van der Waals surface area (Å²) in [6.45, 7) is 0.270. The summed E-state index contributed by atoms with van der Waals surface area (Å²) >= 11 is 3.20. The highest BCUT2D eigenvalue weighted by atomic mass is 32.2. The van der Waals surface area contributed by atoms with Gasteiger partial charge in [-0.15, -0.1) is 11.3 Å².